The number of thioether (sulfide) groups is 1. The Morgan fingerprint density at radius 2 is 1.81 bits per heavy atom. The molecule has 3 aromatic carbocycles. The molecule has 0 aliphatic carbocycles. The molecule has 4 aromatic rings. The summed E-state index contributed by atoms with van der Waals surface area (Å²) in [5.74, 6) is 2.12. The monoisotopic (exact) mass is 508 g/mol. The fraction of sp³-hybridized carbons (Fsp3) is 0.125. The van der Waals surface area contributed by atoms with Gasteiger partial charge < -0.3 is 9.47 Å². The predicted molar refractivity (Wildman–Crippen MR) is 130 cm³/mol. The molecule has 0 saturated carbocycles. The summed E-state index contributed by atoms with van der Waals surface area (Å²) in [6.45, 7) is 0.458. The van der Waals surface area contributed by atoms with Gasteiger partial charge in [0.2, 0.25) is 5.16 Å². The molecule has 6 nitrogen and oxygen atoms in total. The fourth-order valence-electron chi connectivity index (χ4n) is 2.87. The predicted octanol–water partition coefficient (Wildman–Crippen LogP) is 5.80. The van der Waals surface area contributed by atoms with E-state index >= 15 is 0 Å². The molecule has 1 aromatic heterocycles. The molecule has 8 heteroatoms. The number of halogens is 1. The number of rotatable bonds is 9. The molecule has 0 saturated heterocycles. The number of benzene rings is 3. The van der Waals surface area contributed by atoms with E-state index in [4.69, 9.17) is 9.47 Å². The fourth-order valence-corrected chi connectivity index (χ4v) is 3.95. The molecule has 0 atom stereocenters. The third-order valence-electron chi connectivity index (χ3n) is 4.54. The molecule has 0 amide bonds. The maximum Gasteiger partial charge on any atom is 0.212 e. The van der Waals surface area contributed by atoms with Crippen molar-refractivity contribution >= 4 is 33.9 Å². The molecular formula is C24H21BrN4O2S. The summed E-state index contributed by atoms with van der Waals surface area (Å²) in [4.78, 5) is 0. The molecule has 0 aliphatic heterocycles. The third-order valence-corrected chi connectivity index (χ3v) is 6.07. The van der Waals surface area contributed by atoms with Gasteiger partial charge in [0.05, 0.1) is 13.3 Å². The highest BCUT2D eigenvalue weighted by atomic mass is 79.9. The first-order valence-electron chi connectivity index (χ1n) is 9.87. The Bertz CT molecular complexity index is 1180. The standard InChI is InChI=1S/C24H21BrN4O2S/c1-30-23-13-20(9-12-22(23)31-15-18-7-10-21(25)11-8-18)14-27-29-17-26-28-24(29)32-16-19-5-3-2-4-6-19/h2-14,17H,15-16H2,1H3/b27-14+. The Morgan fingerprint density at radius 1 is 1.00 bits per heavy atom. The van der Waals surface area contributed by atoms with E-state index in [1.54, 1.807) is 36.1 Å². The molecule has 0 unspecified atom stereocenters. The molecule has 0 aliphatic rings. The van der Waals surface area contributed by atoms with Crippen LogP contribution in [0.3, 0.4) is 0 Å². The van der Waals surface area contributed by atoms with E-state index in [0.29, 0.717) is 18.1 Å². The lowest BCUT2D eigenvalue weighted by Gasteiger charge is -2.11. The van der Waals surface area contributed by atoms with Crippen molar-refractivity contribution < 1.29 is 9.47 Å². The molecule has 0 spiro atoms. The smallest absolute Gasteiger partial charge is 0.212 e. The zero-order chi connectivity index (χ0) is 22.2. The number of hydrogen-bond donors (Lipinski definition) is 0. The quantitative estimate of drug-likeness (QED) is 0.211. The van der Waals surface area contributed by atoms with E-state index < -0.39 is 0 Å². The van der Waals surface area contributed by atoms with Gasteiger partial charge in [0.15, 0.2) is 11.5 Å². The minimum Gasteiger partial charge on any atom is -0.493 e. The maximum absolute atomic E-state index is 5.94. The topological polar surface area (TPSA) is 61.5 Å². The van der Waals surface area contributed by atoms with Crippen LogP contribution in [-0.2, 0) is 12.4 Å². The highest BCUT2D eigenvalue weighted by Crippen LogP contribution is 2.28. The zero-order valence-corrected chi connectivity index (χ0v) is 19.8. The third kappa shape index (κ3) is 5.99. The van der Waals surface area contributed by atoms with E-state index in [1.165, 1.54) is 5.56 Å². The Balaban J connectivity index is 1.41. The van der Waals surface area contributed by atoms with Crippen molar-refractivity contribution in [1.82, 2.24) is 14.9 Å². The molecule has 1 heterocycles. The Kier molecular flexibility index (Phi) is 7.58. The molecule has 0 N–H and O–H groups in total. The second-order valence-corrected chi connectivity index (χ2v) is 8.66. The summed E-state index contributed by atoms with van der Waals surface area (Å²) >= 11 is 5.03. The molecular weight excluding hydrogens is 488 g/mol. The van der Waals surface area contributed by atoms with Crippen LogP contribution >= 0.6 is 27.7 Å². The normalized spacial score (nSPS) is 11.1. The summed E-state index contributed by atoms with van der Waals surface area (Å²) in [5.41, 5.74) is 3.18. The van der Waals surface area contributed by atoms with Gasteiger partial charge in [-0.2, -0.15) is 9.78 Å². The van der Waals surface area contributed by atoms with Crippen molar-refractivity contribution in [3.05, 3.63) is 100 Å². The van der Waals surface area contributed by atoms with Crippen molar-refractivity contribution in [2.75, 3.05) is 7.11 Å². The Hall–Kier alpha value is -3.10. The highest BCUT2D eigenvalue weighted by Gasteiger charge is 2.07. The minimum atomic E-state index is 0.458. The van der Waals surface area contributed by atoms with Gasteiger partial charge in [0.25, 0.3) is 0 Å². The molecule has 0 fully saturated rings. The van der Waals surface area contributed by atoms with Crippen LogP contribution in [0.2, 0.25) is 0 Å². The highest BCUT2D eigenvalue weighted by molar-refractivity contribution is 9.10. The first-order chi connectivity index (χ1) is 15.7. The lowest BCUT2D eigenvalue weighted by atomic mass is 10.2. The van der Waals surface area contributed by atoms with Gasteiger partial charge in [-0.05, 0) is 47.0 Å². The van der Waals surface area contributed by atoms with Crippen molar-refractivity contribution in [3.8, 4) is 11.5 Å². The molecule has 32 heavy (non-hydrogen) atoms. The van der Waals surface area contributed by atoms with Gasteiger partial charge in [-0.25, -0.2) is 0 Å². The maximum atomic E-state index is 5.94. The van der Waals surface area contributed by atoms with Crippen molar-refractivity contribution in [3.63, 3.8) is 0 Å². The van der Waals surface area contributed by atoms with Gasteiger partial charge in [0, 0.05) is 10.2 Å². The second-order valence-electron chi connectivity index (χ2n) is 6.80. The summed E-state index contributed by atoms with van der Waals surface area (Å²) in [6.07, 6.45) is 3.34. The first-order valence-corrected chi connectivity index (χ1v) is 11.7. The zero-order valence-electron chi connectivity index (χ0n) is 17.4. The van der Waals surface area contributed by atoms with Crippen LogP contribution in [0.15, 0.2) is 93.9 Å². The SMILES string of the molecule is COc1cc(/C=N/n2cnnc2SCc2ccccc2)ccc1OCc1ccc(Br)cc1. The van der Waals surface area contributed by atoms with Crippen LogP contribution in [0.5, 0.6) is 11.5 Å². The van der Waals surface area contributed by atoms with Crippen molar-refractivity contribution in [2.24, 2.45) is 5.10 Å². The van der Waals surface area contributed by atoms with E-state index in [2.05, 4.69) is 43.4 Å². The van der Waals surface area contributed by atoms with Gasteiger partial charge in [-0.3, -0.25) is 0 Å². The van der Waals surface area contributed by atoms with Crippen LogP contribution in [0.4, 0.5) is 0 Å². The number of nitrogens with zero attached hydrogens (tertiary/aromatic N) is 4. The molecule has 4 rings (SSSR count). The second kappa shape index (κ2) is 11.0. The summed E-state index contributed by atoms with van der Waals surface area (Å²) in [7, 11) is 1.63. The van der Waals surface area contributed by atoms with Gasteiger partial charge in [-0.1, -0.05) is 70.2 Å². The van der Waals surface area contributed by atoms with E-state index in [-0.39, 0.29) is 0 Å². The van der Waals surface area contributed by atoms with Crippen molar-refractivity contribution in [1.29, 1.82) is 0 Å². The van der Waals surface area contributed by atoms with E-state index in [0.717, 1.165) is 26.5 Å². The van der Waals surface area contributed by atoms with E-state index in [9.17, 15) is 0 Å². The summed E-state index contributed by atoms with van der Waals surface area (Å²) in [6, 6.07) is 24.0. The van der Waals surface area contributed by atoms with Gasteiger partial charge >= 0.3 is 0 Å². The summed E-state index contributed by atoms with van der Waals surface area (Å²) in [5, 5.41) is 13.4. The number of ether oxygens (including phenoxy) is 2. The van der Waals surface area contributed by atoms with Gasteiger partial charge in [-0.15, -0.1) is 10.2 Å². The Morgan fingerprint density at radius 3 is 2.59 bits per heavy atom. The molecule has 162 valence electrons. The minimum absolute atomic E-state index is 0.458. The largest absolute Gasteiger partial charge is 0.493 e. The van der Waals surface area contributed by atoms with Gasteiger partial charge in [0.1, 0.15) is 12.9 Å². The lowest BCUT2D eigenvalue weighted by molar-refractivity contribution is 0.284. The number of aromatic nitrogens is 3. The first kappa shape index (κ1) is 22.1. The average Bonchev–Trinajstić information content (AvgIpc) is 3.29. The van der Waals surface area contributed by atoms with Crippen molar-refractivity contribution in [2.45, 2.75) is 17.5 Å². The Labute approximate surface area is 199 Å². The summed E-state index contributed by atoms with van der Waals surface area (Å²) < 4.78 is 14.2. The van der Waals surface area contributed by atoms with Crippen LogP contribution in [0.25, 0.3) is 0 Å². The van der Waals surface area contributed by atoms with Crippen LogP contribution < -0.4 is 9.47 Å². The van der Waals surface area contributed by atoms with Crippen LogP contribution in [0.1, 0.15) is 16.7 Å². The van der Waals surface area contributed by atoms with Crippen LogP contribution in [0, 0.1) is 0 Å². The molecule has 0 radical (unpaired) electrons. The average molecular weight is 509 g/mol. The van der Waals surface area contributed by atoms with Crippen LogP contribution in [-0.4, -0.2) is 28.2 Å². The molecule has 0 bridgehead atoms. The van der Waals surface area contributed by atoms with E-state index in [1.807, 2.05) is 60.7 Å². The number of methoxy groups -OCH3 is 1. The number of hydrogen-bond acceptors (Lipinski definition) is 6. The lowest BCUT2D eigenvalue weighted by Crippen LogP contribution is -1.99.